The molecule has 1 heterocycles. The molecule has 1 aromatic carbocycles. The molecule has 1 fully saturated rings. The van der Waals surface area contributed by atoms with Crippen molar-refractivity contribution in [2.24, 2.45) is 0 Å². The van der Waals surface area contributed by atoms with Gasteiger partial charge in [-0.25, -0.2) is 0 Å². The standard InChI is InChI=1S/C17H26N2O/c1-3-14(15-7-5-4-6-8-15)13-17(20)19-11-9-16(18-2)10-12-19/h4-8,14,16,18H,3,9-13H2,1-2H3. The number of hydrogen-bond donors (Lipinski definition) is 1. The van der Waals surface area contributed by atoms with Gasteiger partial charge in [-0.15, -0.1) is 0 Å². The van der Waals surface area contributed by atoms with Gasteiger partial charge in [-0.1, -0.05) is 37.3 Å². The lowest BCUT2D eigenvalue weighted by Gasteiger charge is -2.32. The second-order valence-corrected chi connectivity index (χ2v) is 5.66. The van der Waals surface area contributed by atoms with E-state index in [-0.39, 0.29) is 0 Å². The number of rotatable bonds is 5. The van der Waals surface area contributed by atoms with Gasteiger partial charge >= 0.3 is 0 Å². The number of benzene rings is 1. The molecule has 1 unspecified atom stereocenters. The fraction of sp³-hybridized carbons (Fsp3) is 0.588. The van der Waals surface area contributed by atoms with E-state index in [9.17, 15) is 4.79 Å². The van der Waals surface area contributed by atoms with Gasteiger partial charge in [-0.2, -0.15) is 0 Å². The smallest absolute Gasteiger partial charge is 0.223 e. The molecule has 0 aliphatic carbocycles. The predicted octanol–water partition coefficient (Wildman–Crippen LogP) is 2.78. The Morgan fingerprint density at radius 1 is 1.30 bits per heavy atom. The van der Waals surface area contributed by atoms with Gasteiger partial charge in [0.2, 0.25) is 5.91 Å². The Labute approximate surface area is 122 Å². The number of carbonyl (C=O) groups excluding carboxylic acids is 1. The van der Waals surface area contributed by atoms with Crippen LogP contribution in [0.2, 0.25) is 0 Å². The van der Waals surface area contributed by atoms with E-state index in [1.54, 1.807) is 0 Å². The predicted molar refractivity (Wildman–Crippen MR) is 82.8 cm³/mol. The van der Waals surface area contributed by atoms with Gasteiger partial charge in [0.15, 0.2) is 0 Å². The molecule has 110 valence electrons. The van der Waals surface area contributed by atoms with E-state index in [0.717, 1.165) is 32.4 Å². The number of likely N-dealkylation sites (tertiary alicyclic amines) is 1. The first-order chi connectivity index (χ1) is 9.74. The Morgan fingerprint density at radius 2 is 1.95 bits per heavy atom. The average molecular weight is 274 g/mol. The van der Waals surface area contributed by atoms with Crippen molar-refractivity contribution in [3.05, 3.63) is 35.9 Å². The third-order valence-electron chi connectivity index (χ3n) is 4.44. The topological polar surface area (TPSA) is 32.3 Å². The monoisotopic (exact) mass is 274 g/mol. The summed E-state index contributed by atoms with van der Waals surface area (Å²) in [4.78, 5) is 14.5. The quantitative estimate of drug-likeness (QED) is 0.895. The third-order valence-corrected chi connectivity index (χ3v) is 4.44. The van der Waals surface area contributed by atoms with Crippen molar-refractivity contribution in [1.82, 2.24) is 10.2 Å². The molecule has 1 aliphatic heterocycles. The summed E-state index contributed by atoms with van der Waals surface area (Å²) < 4.78 is 0. The van der Waals surface area contributed by atoms with E-state index >= 15 is 0 Å². The highest BCUT2D eigenvalue weighted by atomic mass is 16.2. The van der Waals surface area contributed by atoms with Crippen molar-refractivity contribution >= 4 is 5.91 Å². The fourth-order valence-corrected chi connectivity index (χ4v) is 2.98. The molecule has 1 saturated heterocycles. The van der Waals surface area contributed by atoms with E-state index in [1.807, 2.05) is 18.0 Å². The van der Waals surface area contributed by atoms with Crippen molar-refractivity contribution in [2.45, 2.75) is 44.6 Å². The lowest BCUT2D eigenvalue weighted by molar-refractivity contribution is -0.132. The molecule has 1 atom stereocenters. The van der Waals surface area contributed by atoms with Crippen molar-refractivity contribution in [3.63, 3.8) is 0 Å². The Bertz CT molecular complexity index is 410. The van der Waals surface area contributed by atoms with Gasteiger partial charge in [0.05, 0.1) is 0 Å². The van der Waals surface area contributed by atoms with Crippen LogP contribution in [0.5, 0.6) is 0 Å². The summed E-state index contributed by atoms with van der Waals surface area (Å²) in [6.45, 7) is 3.96. The maximum Gasteiger partial charge on any atom is 0.223 e. The minimum absolute atomic E-state index is 0.315. The molecule has 0 aromatic heterocycles. The maximum absolute atomic E-state index is 12.4. The minimum Gasteiger partial charge on any atom is -0.343 e. The van der Waals surface area contributed by atoms with Gasteiger partial charge in [-0.05, 0) is 37.8 Å². The Balaban J connectivity index is 1.90. The summed E-state index contributed by atoms with van der Waals surface area (Å²) in [6.07, 6.45) is 3.81. The van der Waals surface area contributed by atoms with Gasteiger partial charge in [0.25, 0.3) is 0 Å². The minimum atomic E-state index is 0.315. The van der Waals surface area contributed by atoms with Crippen LogP contribution in [0.4, 0.5) is 0 Å². The van der Waals surface area contributed by atoms with E-state index in [2.05, 4.69) is 36.5 Å². The normalized spacial score (nSPS) is 18.0. The molecule has 20 heavy (non-hydrogen) atoms. The number of nitrogens with one attached hydrogen (secondary N) is 1. The summed E-state index contributed by atoms with van der Waals surface area (Å²) in [6, 6.07) is 11.0. The number of piperidine rings is 1. The fourth-order valence-electron chi connectivity index (χ4n) is 2.98. The molecule has 1 aliphatic rings. The zero-order valence-electron chi connectivity index (χ0n) is 12.6. The van der Waals surface area contributed by atoms with Crippen LogP contribution in [0.3, 0.4) is 0 Å². The molecule has 1 aromatic rings. The second-order valence-electron chi connectivity index (χ2n) is 5.66. The Hall–Kier alpha value is -1.35. The van der Waals surface area contributed by atoms with E-state index in [4.69, 9.17) is 0 Å². The highest BCUT2D eigenvalue weighted by Gasteiger charge is 2.23. The zero-order valence-corrected chi connectivity index (χ0v) is 12.6. The molecular formula is C17H26N2O. The number of amides is 1. The lowest BCUT2D eigenvalue weighted by atomic mass is 9.92. The zero-order chi connectivity index (χ0) is 14.4. The highest BCUT2D eigenvalue weighted by molar-refractivity contribution is 5.77. The maximum atomic E-state index is 12.4. The molecule has 1 N–H and O–H groups in total. The Kier molecular flexibility index (Phi) is 5.60. The second kappa shape index (κ2) is 7.44. The van der Waals surface area contributed by atoms with Crippen LogP contribution in [-0.4, -0.2) is 37.0 Å². The Morgan fingerprint density at radius 3 is 2.50 bits per heavy atom. The van der Waals surface area contributed by atoms with E-state index < -0.39 is 0 Å². The van der Waals surface area contributed by atoms with Gasteiger partial charge < -0.3 is 10.2 Å². The molecule has 0 saturated carbocycles. The number of nitrogens with zero attached hydrogens (tertiary/aromatic N) is 1. The molecule has 0 spiro atoms. The van der Waals surface area contributed by atoms with Crippen LogP contribution in [0.1, 0.15) is 44.1 Å². The number of hydrogen-bond acceptors (Lipinski definition) is 2. The van der Waals surface area contributed by atoms with Crippen LogP contribution >= 0.6 is 0 Å². The highest BCUT2D eigenvalue weighted by Crippen LogP contribution is 2.24. The van der Waals surface area contributed by atoms with Gasteiger partial charge in [-0.3, -0.25) is 4.79 Å². The summed E-state index contributed by atoms with van der Waals surface area (Å²) in [7, 11) is 2.00. The van der Waals surface area contributed by atoms with Gasteiger partial charge in [0, 0.05) is 25.6 Å². The first-order valence-corrected chi connectivity index (χ1v) is 7.74. The summed E-state index contributed by atoms with van der Waals surface area (Å²) in [5.41, 5.74) is 1.29. The van der Waals surface area contributed by atoms with Crippen molar-refractivity contribution in [2.75, 3.05) is 20.1 Å². The summed E-state index contributed by atoms with van der Waals surface area (Å²) in [5, 5.41) is 3.30. The average Bonchev–Trinajstić information content (AvgIpc) is 2.53. The third kappa shape index (κ3) is 3.83. The van der Waals surface area contributed by atoms with Crippen molar-refractivity contribution < 1.29 is 4.79 Å². The molecule has 0 radical (unpaired) electrons. The van der Waals surface area contributed by atoms with Crippen LogP contribution in [0.15, 0.2) is 30.3 Å². The SMILES string of the molecule is CCC(CC(=O)N1CCC(NC)CC1)c1ccccc1. The van der Waals surface area contributed by atoms with Crippen LogP contribution < -0.4 is 5.32 Å². The molecule has 1 amide bonds. The first-order valence-electron chi connectivity index (χ1n) is 7.74. The molecule has 3 heteroatoms. The molecule has 0 bridgehead atoms. The lowest BCUT2D eigenvalue weighted by Crippen LogP contribution is -2.44. The summed E-state index contributed by atoms with van der Waals surface area (Å²) >= 11 is 0. The van der Waals surface area contributed by atoms with E-state index in [1.165, 1.54) is 5.56 Å². The first kappa shape index (κ1) is 15.0. The molecule has 2 rings (SSSR count). The van der Waals surface area contributed by atoms with E-state index in [0.29, 0.717) is 24.3 Å². The number of carbonyl (C=O) groups is 1. The van der Waals surface area contributed by atoms with Crippen LogP contribution in [-0.2, 0) is 4.79 Å². The van der Waals surface area contributed by atoms with Gasteiger partial charge in [0.1, 0.15) is 0 Å². The van der Waals surface area contributed by atoms with Crippen molar-refractivity contribution in [3.8, 4) is 0 Å². The van der Waals surface area contributed by atoms with Crippen molar-refractivity contribution in [1.29, 1.82) is 0 Å². The van der Waals surface area contributed by atoms with Crippen LogP contribution in [0.25, 0.3) is 0 Å². The van der Waals surface area contributed by atoms with Crippen LogP contribution in [0, 0.1) is 0 Å². The molecular weight excluding hydrogens is 248 g/mol. The largest absolute Gasteiger partial charge is 0.343 e. The summed E-state index contributed by atoms with van der Waals surface area (Å²) in [5.74, 6) is 0.668. The molecule has 3 nitrogen and oxygen atoms in total.